The minimum absolute atomic E-state index is 0.000268. The fraction of sp³-hybridized carbons (Fsp3) is 0.429. The van der Waals surface area contributed by atoms with E-state index in [9.17, 15) is 9.59 Å². The zero-order chi connectivity index (χ0) is 13.8. The Labute approximate surface area is 112 Å². The lowest BCUT2D eigenvalue weighted by molar-refractivity contribution is -0.120. The maximum atomic E-state index is 11.8. The Balaban J connectivity index is 1.76. The average Bonchev–Trinajstić information content (AvgIpc) is 3.21. The van der Waals surface area contributed by atoms with Crippen LogP contribution in [0.15, 0.2) is 24.3 Å². The fourth-order valence-electron chi connectivity index (χ4n) is 1.92. The van der Waals surface area contributed by atoms with Crippen LogP contribution in [0, 0.1) is 5.92 Å². The molecule has 0 heterocycles. The van der Waals surface area contributed by atoms with E-state index >= 15 is 0 Å². The number of anilines is 1. The van der Waals surface area contributed by atoms with Gasteiger partial charge in [-0.05, 0) is 49.9 Å². The van der Waals surface area contributed by atoms with E-state index < -0.39 is 0 Å². The predicted molar refractivity (Wildman–Crippen MR) is 73.5 cm³/mol. The van der Waals surface area contributed by atoms with Gasteiger partial charge in [-0.2, -0.15) is 0 Å². The Bertz CT molecular complexity index is 466. The highest BCUT2D eigenvalue weighted by atomic mass is 16.2. The molecule has 1 aromatic rings. The van der Waals surface area contributed by atoms with E-state index in [4.69, 9.17) is 5.73 Å². The van der Waals surface area contributed by atoms with Gasteiger partial charge in [-0.15, -0.1) is 0 Å². The van der Waals surface area contributed by atoms with Gasteiger partial charge in [0.1, 0.15) is 0 Å². The summed E-state index contributed by atoms with van der Waals surface area (Å²) in [5, 5.41) is 5.48. The van der Waals surface area contributed by atoms with Gasteiger partial charge in [-0.25, -0.2) is 0 Å². The predicted octanol–water partition coefficient (Wildman–Crippen LogP) is 0.913. The van der Waals surface area contributed by atoms with E-state index in [0.29, 0.717) is 17.2 Å². The van der Waals surface area contributed by atoms with Crippen molar-refractivity contribution in [1.29, 1.82) is 0 Å². The van der Waals surface area contributed by atoms with Crippen LogP contribution in [0.4, 0.5) is 5.69 Å². The SMILES string of the molecule is CC(NC(=O)CNC(=O)c1ccc(N)cc1)C1CC1. The van der Waals surface area contributed by atoms with Crippen LogP contribution in [0.2, 0.25) is 0 Å². The highest BCUT2D eigenvalue weighted by Gasteiger charge is 2.28. The van der Waals surface area contributed by atoms with Crippen LogP contribution >= 0.6 is 0 Å². The first-order valence-electron chi connectivity index (χ1n) is 6.49. The number of nitrogens with two attached hydrogens (primary N) is 1. The molecule has 102 valence electrons. The third-order valence-electron chi connectivity index (χ3n) is 3.30. The van der Waals surface area contributed by atoms with Crippen molar-refractivity contribution in [2.75, 3.05) is 12.3 Å². The Kier molecular flexibility index (Phi) is 4.04. The third-order valence-corrected chi connectivity index (χ3v) is 3.30. The van der Waals surface area contributed by atoms with Gasteiger partial charge in [0.25, 0.3) is 5.91 Å². The number of nitrogens with one attached hydrogen (secondary N) is 2. The molecule has 0 spiro atoms. The molecule has 0 aliphatic heterocycles. The minimum Gasteiger partial charge on any atom is -0.399 e. The number of carbonyl (C=O) groups is 2. The number of rotatable bonds is 5. The number of amides is 2. The molecule has 1 saturated carbocycles. The summed E-state index contributed by atoms with van der Waals surface area (Å²) in [6.45, 7) is 2.00. The summed E-state index contributed by atoms with van der Waals surface area (Å²) in [7, 11) is 0. The van der Waals surface area contributed by atoms with Crippen LogP contribution in [-0.4, -0.2) is 24.4 Å². The van der Waals surface area contributed by atoms with Crippen molar-refractivity contribution in [3.05, 3.63) is 29.8 Å². The first-order chi connectivity index (χ1) is 9.06. The lowest BCUT2D eigenvalue weighted by Gasteiger charge is -2.13. The second kappa shape index (κ2) is 5.73. The molecule has 5 heteroatoms. The van der Waals surface area contributed by atoms with Crippen molar-refractivity contribution >= 4 is 17.5 Å². The van der Waals surface area contributed by atoms with Gasteiger partial charge in [0.15, 0.2) is 0 Å². The Morgan fingerprint density at radius 1 is 1.32 bits per heavy atom. The first-order valence-corrected chi connectivity index (χ1v) is 6.49. The summed E-state index contributed by atoms with van der Waals surface area (Å²) in [6.07, 6.45) is 2.36. The largest absolute Gasteiger partial charge is 0.399 e. The zero-order valence-corrected chi connectivity index (χ0v) is 11.0. The van der Waals surface area contributed by atoms with Gasteiger partial charge in [-0.3, -0.25) is 9.59 Å². The number of benzene rings is 1. The van der Waals surface area contributed by atoms with Crippen LogP contribution in [0.3, 0.4) is 0 Å². The molecule has 4 N–H and O–H groups in total. The molecule has 5 nitrogen and oxygen atoms in total. The summed E-state index contributed by atoms with van der Waals surface area (Å²) >= 11 is 0. The number of hydrogen-bond donors (Lipinski definition) is 3. The molecule has 1 unspecified atom stereocenters. The normalized spacial score (nSPS) is 15.6. The molecule has 2 rings (SSSR count). The molecule has 19 heavy (non-hydrogen) atoms. The van der Waals surface area contributed by atoms with Crippen LogP contribution in [0.25, 0.3) is 0 Å². The molecule has 1 aromatic carbocycles. The fourth-order valence-corrected chi connectivity index (χ4v) is 1.92. The average molecular weight is 261 g/mol. The van der Waals surface area contributed by atoms with Crippen molar-refractivity contribution in [2.24, 2.45) is 5.92 Å². The summed E-state index contributed by atoms with van der Waals surface area (Å²) < 4.78 is 0. The van der Waals surface area contributed by atoms with Crippen LogP contribution in [-0.2, 0) is 4.79 Å². The lowest BCUT2D eigenvalue weighted by Crippen LogP contribution is -2.41. The standard InChI is InChI=1S/C14H19N3O2/c1-9(10-2-3-10)17-13(18)8-16-14(19)11-4-6-12(15)7-5-11/h4-7,9-10H,2-3,8,15H2,1H3,(H,16,19)(H,17,18). The molecule has 1 aliphatic rings. The smallest absolute Gasteiger partial charge is 0.251 e. The highest BCUT2D eigenvalue weighted by Crippen LogP contribution is 2.32. The van der Waals surface area contributed by atoms with Crippen molar-refractivity contribution < 1.29 is 9.59 Å². The lowest BCUT2D eigenvalue weighted by atomic mass is 10.2. The van der Waals surface area contributed by atoms with Crippen molar-refractivity contribution in [3.63, 3.8) is 0 Å². The van der Waals surface area contributed by atoms with E-state index in [1.165, 1.54) is 12.8 Å². The maximum absolute atomic E-state index is 11.8. The molecular weight excluding hydrogens is 242 g/mol. The summed E-state index contributed by atoms with van der Waals surface area (Å²) in [5.74, 6) is 0.189. The summed E-state index contributed by atoms with van der Waals surface area (Å²) in [5.41, 5.74) is 6.64. The second-order valence-corrected chi connectivity index (χ2v) is 5.00. The van der Waals surface area contributed by atoms with Crippen molar-refractivity contribution in [2.45, 2.75) is 25.8 Å². The molecular formula is C14H19N3O2. The highest BCUT2D eigenvalue weighted by molar-refractivity contribution is 5.96. The van der Waals surface area contributed by atoms with E-state index in [2.05, 4.69) is 10.6 Å². The zero-order valence-electron chi connectivity index (χ0n) is 11.0. The number of nitrogen functional groups attached to an aromatic ring is 1. The van der Waals surface area contributed by atoms with Crippen molar-refractivity contribution in [1.82, 2.24) is 10.6 Å². The molecule has 2 amide bonds. The maximum Gasteiger partial charge on any atom is 0.251 e. The van der Waals surface area contributed by atoms with E-state index in [-0.39, 0.29) is 24.4 Å². The van der Waals surface area contributed by atoms with E-state index in [1.54, 1.807) is 24.3 Å². The van der Waals surface area contributed by atoms with E-state index in [1.807, 2.05) is 6.92 Å². The number of hydrogen-bond acceptors (Lipinski definition) is 3. The molecule has 1 atom stereocenters. The second-order valence-electron chi connectivity index (χ2n) is 5.00. The monoisotopic (exact) mass is 261 g/mol. The molecule has 0 bridgehead atoms. The first kappa shape index (κ1) is 13.4. The van der Waals surface area contributed by atoms with Gasteiger partial charge >= 0.3 is 0 Å². The van der Waals surface area contributed by atoms with E-state index in [0.717, 1.165) is 0 Å². The molecule has 0 aromatic heterocycles. The Morgan fingerprint density at radius 3 is 2.53 bits per heavy atom. The molecule has 0 radical (unpaired) electrons. The summed E-state index contributed by atoms with van der Waals surface area (Å²) in [4.78, 5) is 23.4. The summed E-state index contributed by atoms with van der Waals surface area (Å²) in [6, 6.07) is 6.78. The van der Waals surface area contributed by atoms with Crippen LogP contribution < -0.4 is 16.4 Å². The van der Waals surface area contributed by atoms with Gasteiger partial charge in [0.05, 0.1) is 6.54 Å². The van der Waals surface area contributed by atoms with Gasteiger partial charge in [0, 0.05) is 17.3 Å². The third kappa shape index (κ3) is 3.98. The Morgan fingerprint density at radius 2 is 1.95 bits per heavy atom. The Hall–Kier alpha value is -2.04. The number of carbonyl (C=O) groups excluding carboxylic acids is 2. The molecule has 0 saturated heterocycles. The quantitative estimate of drug-likeness (QED) is 0.689. The molecule has 1 aliphatic carbocycles. The van der Waals surface area contributed by atoms with Gasteiger partial charge in [-0.1, -0.05) is 0 Å². The van der Waals surface area contributed by atoms with Crippen molar-refractivity contribution in [3.8, 4) is 0 Å². The van der Waals surface area contributed by atoms with Crippen LogP contribution in [0.1, 0.15) is 30.1 Å². The minimum atomic E-state index is -0.269. The van der Waals surface area contributed by atoms with Gasteiger partial charge < -0.3 is 16.4 Å². The van der Waals surface area contributed by atoms with Gasteiger partial charge in [0.2, 0.25) is 5.91 Å². The molecule has 1 fully saturated rings. The van der Waals surface area contributed by atoms with Crippen LogP contribution in [0.5, 0.6) is 0 Å². The topological polar surface area (TPSA) is 84.2 Å².